The fraction of sp³-hybridized carbons (Fsp3) is 0.667. The minimum absolute atomic E-state index is 0.540. The summed E-state index contributed by atoms with van der Waals surface area (Å²) >= 11 is 0. The van der Waals surface area contributed by atoms with Gasteiger partial charge >= 0.3 is 18.1 Å². The average molecular weight is 199 g/mol. The lowest BCUT2D eigenvalue weighted by atomic mass is 10.2. The van der Waals surface area contributed by atoms with E-state index in [1.54, 1.807) is 0 Å². The van der Waals surface area contributed by atoms with Crippen molar-refractivity contribution in [3.8, 4) is 0 Å². The molecule has 0 radical (unpaired) electrons. The molecule has 1 atom stereocenters. The van der Waals surface area contributed by atoms with Gasteiger partial charge in [0.1, 0.15) is 0 Å². The van der Waals surface area contributed by atoms with Crippen LogP contribution >= 0.6 is 0 Å². The Kier molecular flexibility index (Phi) is 3.70. The molecule has 0 fully saturated rings. The van der Waals surface area contributed by atoms with Crippen LogP contribution in [0, 0.1) is 0 Å². The molecule has 0 aromatic carbocycles. The molecule has 0 saturated carbocycles. The van der Waals surface area contributed by atoms with Crippen molar-refractivity contribution in [2.75, 3.05) is 0 Å². The Labute approximate surface area is 71.7 Å². The van der Waals surface area contributed by atoms with E-state index in [0.717, 1.165) is 0 Å². The van der Waals surface area contributed by atoms with E-state index in [4.69, 9.17) is 5.11 Å². The summed E-state index contributed by atoms with van der Waals surface area (Å²) < 4.78 is 34.8. The van der Waals surface area contributed by atoms with E-state index in [1.807, 2.05) is 0 Å². The van der Waals surface area contributed by atoms with E-state index < -0.39 is 30.5 Å². The van der Waals surface area contributed by atoms with Gasteiger partial charge in [0.25, 0.3) is 0 Å². The Morgan fingerprint density at radius 1 is 1.46 bits per heavy atom. The summed E-state index contributed by atoms with van der Waals surface area (Å²) in [5, 5.41) is 9.67. The summed E-state index contributed by atoms with van der Waals surface area (Å²) in [6, 6.07) is -1.04. The molecule has 0 saturated heterocycles. The lowest BCUT2D eigenvalue weighted by Gasteiger charge is -2.12. The Balaban J connectivity index is 4.00. The molecule has 4 nitrogen and oxygen atoms in total. The zero-order valence-electron chi connectivity index (χ0n) is 6.68. The van der Waals surface area contributed by atoms with Gasteiger partial charge in [-0.1, -0.05) is 0 Å². The van der Waals surface area contributed by atoms with E-state index in [2.05, 4.69) is 0 Å². The molecule has 0 heterocycles. The first kappa shape index (κ1) is 11.7. The number of hydrogen-bond acceptors (Lipinski definition) is 2. The molecule has 0 aliphatic carbocycles. The van der Waals surface area contributed by atoms with Crippen molar-refractivity contribution < 1.29 is 27.9 Å². The monoisotopic (exact) mass is 199 g/mol. The Morgan fingerprint density at radius 3 is 2.23 bits per heavy atom. The van der Waals surface area contributed by atoms with Crippen LogP contribution in [0.5, 0.6) is 0 Å². The largest absolute Gasteiger partial charge is 0.481 e. The second kappa shape index (κ2) is 4.11. The molecular formula is C6H8F3NO3. The molecule has 13 heavy (non-hydrogen) atoms. The maximum atomic E-state index is 11.6. The number of hydrogen-bond donors (Lipinski definition) is 2. The molecule has 7 heteroatoms. The number of aliphatic carboxylic acids is 1. The third-order valence-corrected chi connectivity index (χ3v) is 1.12. The van der Waals surface area contributed by atoms with Gasteiger partial charge in [-0.15, -0.1) is 0 Å². The van der Waals surface area contributed by atoms with E-state index in [9.17, 15) is 22.8 Å². The van der Waals surface area contributed by atoms with Crippen molar-refractivity contribution in [2.24, 2.45) is 0 Å². The number of carboxylic acids is 1. The van der Waals surface area contributed by atoms with Crippen LogP contribution in [0.1, 0.15) is 13.3 Å². The molecule has 0 aromatic rings. The first-order valence-corrected chi connectivity index (χ1v) is 3.33. The predicted molar refractivity (Wildman–Crippen MR) is 35.9 cm³/mol. The summed E-state index contributed by atoms with van der Waals surface area (Å²) in [7, 11) is 0. The summed E-state index contributed by atoms with van der Waals surface area (Å²) in [5.74, 6) is -3.39. The number of carboxylic acid groups (broad SMARTS) is 1. The highest BCUT2D eigenvalue weighted by atomic mass is 19.4. The van der Waals surface area contributed by atoms with Gasteiger partial charge in [-0.25, -0.2) is 0 Å². The molecule has 0 aromatic heterocycles. The highest BCUT2D eigenvalue weighted by Gasteiger charge is 2.39. The first-order valence-electron chi connectivity index (χ1n) is 3.33. The van der Waals surface area contributed by atoms with E-state index in [0.29, 0.717) is 0 Å². The number of carbonyl (C=O) groups excluding carboxylic acids is 1. The molecular weight excluding hydrogens is 191 g/mol. The average Bonchev–Trinajstić information content (AvgIpc) is 1.82. The minimum Gasteiger partial charge on any atom is -0.481 e. The number of rotatable bonds is 3. The zero-order chi connectivity index (χ0) is 10.6. The van der Waals surface area contributed by atoms with Gasteiger partial charge in [-0.05, 0) is 6.92 Å². The molecule has 76 valence electrons. The van der Waals surface area contributed by atoms with Gasteiger partial charge in [0.2, 0.25) is 0 Å². The zero-order valence-corrected chi connectivity index (χ0v) is 6.68. The fourth-order valence-electron chi connectivity index (χ4n) is 0.619. The number of carbonyl (C=O) groups is 2. The predicted octanol–water partition coefficient (Wildman–Crippen LogP) is 0.528. The Hall–Kier alpha value is -1.27. The van der Waals surface area contributed by atoms with Gasteiger partial charge in [-0.2, -0.15) is 13.2 Å². The Bertz CT molecular complexity index is 214. The van der Waals surface area contributed by atoms with Crippen molar-refractivity contribution in [3.05, 3.63) is 0 Å². The van der Waals surface area contributed by atoms with Crippen molar-refractivity contribution in [2.45, 2.75) is 25.6 Å². The van der Waals surface area contributed by atoms with Gasteiger partial charge in [0, 0.05) is 6.04 Å². The third kappa shape index (κ3) is 5.05. The minimum atomic E-state index is -4.97. The Morgan fingerprint density at radius 2 is 1.92 bits per heavy atom. The highest BCUT2D eigenvalue weighted by molar-refractivity contribution is 5.82. The highest BCUT2D eigenvalue weighted by Crippen LogP contribution is 2.14. The van der Waals surface area contributed by atoms with E-state index in [1.165, 1.54) is 12.2 Å². The van der Waals surface area contributed by atoms with Gasteiger partial charge in [0.05, 0.1) is 6.42 Å². The SMILES string of the molecule is C[C@@H](CC(=O)O)NC(=O)C(F)(F)F. The summed E-state index contributed by atoms with van der Waals surface area (Å²) in [5.41, 5.74) is 0. The second-order valence-electron chi connectivity index (χ2n) is 2.47. The first-order chi connectivity index (χ1) is 5.73. The lowest BCUT2D eigenvalue weighted by molar-refractivity contribution is -0.174. The maximum absolute atomic E-state index is 11.6. The van der Waals surface area contributed by atoms with Gasteiger partial charge < -0.3 is 10.4 Å². The van der Waals surface area contributed by atoms with Crippen molar-refractivity contribution in [1.29, 1.82) is 0 Å². The van der Waals surface area contributed by atoms with Gasteiger partial charge in [0.15, 0.2) is 0 Å². The molecule has 0 rings (SSSR count). The van der Waals surface area contributed by atoms with Crippen LogP contribution in [0.2, 0.25) is 0 Å². The molecule has 1 amide bonds. The summed E-state index contributed by atoms with van der Waals surface area (Å²) in [4.78, 5) is 20.2. The molecule has 2 N–H and O–H groups in total. The molecule has 0 unspecified atom stereocenters. The van der Waals surface area contributed by atoms with Crippen LogP contribution < -0.4 is 5.32 Å². The standard InChI is InChI=1S/C6H8F3NO3/c1-3(2-4(11)12)10-5(13)6(7,8)9/h3H,2H2,1H3,(H,10,13)(H,11,12)/t3-/m0/s1. The van der Waals surface area contributed by atoms with Crippen LogP contribution in [0.3, 0.4) is 0 Å². The molecule has 0 aliphatic rings. The van der Waals surface area contributed by atoms with Crippen LogP contribution in [-0.4, -0.2) is 29.2 Å². The van der Waals surface area contributed by atoms with E-state index >= 15 is 0 Å². The number of amides is 1. The number of alkyl halides is 3. The number of halogens is 3. The van der Waals surface area contributed by atoms with Crippen LogP contribution in [-0.2, 0) is 9.59 Å². The molecule has 0 bridgehead atoms. The molecule has 0 aliphatic heterocycles. The van der Waals surface area contributed by atoms with Crippen LogP contribution in [0.25, 0.3) is 0 Å². The van der Waals surface area contributed by atoms with Crippen LogP contribution in [0.15, 0.2) is 0 Å². The summed E-state index contributed by atoms with van der Waals surface area (Å²) in [6.45, 7) is 1.18. The fourth-order valence-corrected chi connectivity index (χ4v) is 0.619. The van der Waals surface area contributed by atoms with Gasteiger partial charge in [-0.3, -0.25) is 9.59 Å². The quantitative estimate of drug-likeness (QED) is 0.696. The third-order valence-electron chi connectivity index (χ3n) is 1.12. The lowest BCUT2D eigenvalue weighted by Crippen LogP contribution is -2.42. The van der Waals surface area contributed by atoms with Crippen molar-refractivity contribution in [3.63, 3.8) is 0 Å². The topological polar surface area (TPSA) is 66.4 Å². The van der Waals surface area contributed by atoms with Crippen LogP contribution in [0.4, 0.5) is 13.2 Å². The normalized spacial score (nSPS) is 13.5. The smallest absolute Gasteiger partial charge is 0.471 e. The number of nitrogens with one attached hydrogen (secondary N) is 1. The maximum Gasteiger partial charge on any atom is 0.471 e. The van der Waals surface area contributed by atoms with Crippen molar-refractivity contribution in [1.82, 2.24) is 5.32 Å². The molecule has 0 spiro atoms. The van der Waals surface area contributed by atoms with E-state index in [-0.39, 0.29) is 0 Å². The summed E-state index contributed by atoms with van der Waals surface area (Å²) in [6.07, 6.45) is -5.51. The van der Waals surface area contributed by atoms with Crippen molar-refractivity contribution >= 4 is 11.9 Å². The second-order valence-corrected chi connectivity index (χ2v) is 2.47.